The summed E-state index contributed by atoms with van der Waals surface area (Å²) in [4.78, 5) is 14.0. The Morgan fingerprint density at radius 1 is 1.19 bits per heavy atom. The third-order valence-electron chi connectivity index (χ3n) is 4.74. The van der Waals surface area contributed by atoms with Gasteiger partial charge in [-0.3, -0.25) is 4.79 Å². The molecule has 1 aliphatic rings. The SMILES string of the molecule is C=CC(F)(F)c1ccc(Oc2ccc3c(c2)CN(C(=O)CCC)CC3)cc1. The van der Waals surface area contributed by atoms with Crippen molar-refractivity contribution in [2.45, 2.75) is 38.7 Å². The molecule has 0 fully saturated rings. The van der Waals surface area contributed by atoms with Gasteiger partial charge in [-0.25, -0.2) is 0 Å². The van der Waals surface area contributed by atoms with E-state index in [-0.39, 0.29) is 11.5 Å². The molecule has 0 N–H and O–H groups in total. The minimum absolute atomic E-state index is 0.125. The predicted octanol–water partition coefficient (Wildman–Crippen LogP) is 5.44. The number of nitrogens with zero attached hydrogens (tertiary/aromatic N) is 1. The minimum atomic E-state index is -3.06. The largest absolute Gasteiger partial charge is 0.457 e. The van der Waals surface area contributed by atoms with Gasteiger partial charge in [0.2, 0.25) is 5.91 Å². The highest BCUT2D eigenvalue weighted by atomic mass is 19.3. The van der Waals surface area contributed by atoms with Crippen molar-refractivity contribution in [3.8, 4) is 11.5 Å². The maximum atomic E-state index is 13.6. The number of halogens is 2. The zero-order valence-electron chi connectivity index (χ0n) is 15.4. The summed E-state index contributed by atoms with van der Waals surface area (Å²) < 4.78 is 33.0. The van der Waals surface area contributed by atoms with Gasteiger partial charge >= 0.3 is 0 Å². The number of carbonyl (C=O) groups is 1. The first kappa shape index (κ1) is 19.1. The third-order valence-corrected chi connectivity index (χ3v) is 4.74. The molecule has 0 spiro atoms. The predicted molar refractivity (Wildman–Crippen MR) is 101 cm³/mol. The Hall–Kier alpha value is -2.69. The first-order valence-electron chi connectivity index (χ1n) is 9.12. The monoisotopic (exact) mass is 371 g/mol. The van der Waals surface area contributed by atoms with Crippen LogP contribution in [0.1, 0.15) is 36.5 Å². The van der Waals surface area contributed by atoms with Crippen LogP contribution >= 0.6 is 0 Å². The van der Waals surface area contributed by atoms with Gasteiger partial charge in [0, 0.05) is 25.1 Å². The van der Waals surface area contributed by atoms with E-state index < -0.39 is 5.92 Å². The Kier molecular flexibility index (Phi) is 5.59. The number of alkyl halides is 2. The number of allylic oxidation sites excluding steroid dienone is 1. The summed E-state index contributed by atoms with van der Waals surface area (Å²) >= 11 is 0. The molecule has 0 bridgehead atoms. The van der Waals surface area contributed by atoms with E-state index in [0.717, 1.165) is 24.9 Å². The molecule has 2 aromatic rings. The second kappa shape index (κ2) is 7.91. The third kappa shape index (κ3) is 4.35. The molecule has 5 heteroatoms. The number of amides is 1. The fourth-order valence-corrected chi connectivity index (χ4v) is 3.18. The highest BCUT2D eigenvalue weighted by Crippen LogP contribution is 2.32. The van der Waals surface area contributed by atoms with Gasteiger partial charge in [-0.05, 0) is 66.4 Å². The van der Waals surface area contributed by atoms with E-state index in [1.165, 1.54) is 29.8 Å². The molecule has 1 aliphatic heterocycles. The highest BCUT2D eigenvalue weighted by molar-refractivity contribution is 5.76. The second-order valence-electron chi connectivity index (χ2n) is 6.70. The molecule has 142 valence electrons. The maximum absolute atomic E-state index is 13.6. The number of rotatable bonds is 6. The number of benzene rings is 2. The van der Waals surface area contributed by atoms with Crippen molar-refractivity contribution in [2.75, 3.05) is 6.54 Å². The van der Waals surface area contributed by atoms with E-state index in [0.29, 0.717) is 30.5 Å². The van der Waals surface area contributed by atoms with Crippen LogP contribution in [0.15, 0.2) is 55.1 Å². The van der Waals surface area contributed by atoms with E-state index in [9.17, 15) is 13.6 Å². The van der Waals surface area contributed by atoms with Gasteiger partial charge < -0.3 is 9.64 Å². The van der Waals surface area contributed by atoms with Gasteiger partial charge in [-0.15, -0.1) is 0 Å². The van der Waals surface area contributed by atoms with Gasteiger partial charge in [-0.2, -0.15) is 8.78 Å². The van der Waals surface area contributed by atoms with Crippen LogP contribution in [0.25, 0.3) is 0 Å². The van der Waals surface area contributed by atoms with Crippen molar-refractivity contribution in [1.82, 2.24) is 4.90 Å². The average molecular weight is 371 g/mol. The van der Waals surface area contributed by atoms with Crippen LogP contribution in [0.2, 0.25) is 0 Å². The van der Waals surface area contributed by atoms with Crippen molar-refractivity contribution in [2.24, 2.45) is 0 Å². The van der Waals surface area contributed by atoms with Gasteiger partial charge in [0.25, 0.3) is 5.92 Å². The van der Waals surface area contributed by atoms with Gasteiger partial charge in [0.1, 0.15) is 11.5 Å². The van der Waals surface area contributed by atoms with Crippen molar-refractivity contribution >= 4 is 5.91 Å². The lowest BCUT2D eigenvalue weighted by Crippen LogP contribution is -2.35. The van der Waals surface area contributed by atoms with E-state index >= 15 is 0 Å². The van der Waals surface area contributed by atoms with Crippen LogP contribution in [-0.2, 0) is 23.7 Å². The van der Waals surface area contributed by atoms with Crippen LogP contribution in [0.5, 0.6) is 11.5 Å². The van der Waals surface area contributed by atoms with E-state index in [2.05, 4.69) is 6.58 Å². The van der Waals surface area contributed by atoms with Gasteiger partial charge in [-0.1, -0.05) is 19.6 Å². The maximum Gasteiger partial charge on any atom is 0.291 e. The van der Waals surface area contributed by atoms with Crippen LogP contribution in [0.4, 0.5) is 8.78 Å². The molecule has 0 saturated heterocycles. The Labute approximate surface area is 158 Å². The molecule has 1 heterocycles. The number of hydrogen-bond donors (Lipinski definition) is 0. The Bertz CT molecular complexity index is 831. The molecule has 0 atom stereocenters. The summed E-state index contributed by atoms with van der Waals surface area (Å²) in [5.74, 6) is -1.78. The van der Waals surface area contributed by atoms with Crippen LogP contribution in [-0.4, -0.2) is 17.4 Å². The second-order valence-corrected chi connectivity index (χ2v) is 6.70. The van der Waals surface area contributed by atoms with Gasteiger partial charge in [0.05, 0.1) is 0 Å². The lowest BCUT2D eigenvalue weighted by Gasteiger charge is -2.29. The fraction of sp³-hybridized carbons (Fsp3) is 0.318. The zero-order chi connectivity index (χ0) is 19.4. The molecular formula is C22H23F2NO2. The molecule has 2 aromatic carbocycles. The van der Waals surface area contributed by atoms with Gasteiger partial charge in [0.15, 0.2) is 0 Å². The smallest absolute Gasteiger partial charge is 0.291 e. The summed E-state index contributed by atoms with van der Waals surface area (Å²) in [5, 5.41) is 0. The van der Waals surface area contributed by atoms with Crippen molar-refractivity contribution in [3.63, 3.8) is 0 Å². The first-order valence-corrected chi connectivity index (χ1v) is 9.12. The zero-order valence-corrected chi connectivity index (χ0v) is 15.4. The quantitative estimate of drug-likeness (QED) is 0.633. The minimum Gasteiger partial charge on any atom is -0.457 e. The molecular weight excluding hydrogens is 348 g/mol. The lowest BCUT2D eigenvalue weighted by atomic mass is 9.99. The van der Waals surface area contributed by atoms with Crippen molar-refractivity contribution in [3.05, 3.63) is 71.8 Å². The molecule has 1 amide bonds. The summed E-state index contributed by atoms with van der Waals surface area (Å²) in [6.07, 6.45) is 2.85. The molecule has 0 unspecified atom stereocenters. The standard InChI is InChI=1S/C22H23F2NO2/c1-3-5-21(26)25-13-12-16-6-9-20(14-17(16)15-25)27-19-10-7-18(8-11-19)22(23,24)4-2/h4,6-11,14H,2-3,5,12-13,15H2,1H3. The Balaban J connectivity index is 1.73. The Morgan fingerprint density at radius 2 is 1.89 bits per heavy atom. The topological polar surface area (TPSA) is 29.5 Å². The van der Waals surface area contributed by atoms with Crippen LogP contribution in [0, 0.1) is 0 Å². The van der Waals surface area contributed by atoms with Crippen molar-refractivity contribution < 1.29 is 18.3 Å². The Morgan fingerprint density at radius 3 is 2.56 bits per heavy atom. The normalized spacial score (nSPS) is 13.8. The summed E-state index contributed by atoms with van der Waals surface area (Å²) in [6.45, 7) is 6.48. The van der Waals surface area contributed by atoms with E-state index in [4.69, 9.17) is 4.74 Å². The van der Waals surface area contributed by atoms with Crippen LogP contribution < -0.4 is 4.74 Å². The molecule has 3 rings (SSSR count). The molecule has 0 aliphatic carbocycles. The van der Waals surface area contributed by atoms with Crippen LogP contribution in [0.3, 0.4) is 0 Å². The van der Waals surface area contributed by atoms with Crippen molar-refractivity contribution in [1.29, 1.82) is 0 Å². The highest BCUT2D eigenvalue weighted by Gasteiger charge is 2.26. The molecule has 0 saturated carbocycles. The summed E-state index contributed by atoms with van der Waals surface area (Å²) in [5.41, 5.74) is 2.15. The molecule has 0 aromatic heterocycles. The number of fused-ring (bicyclic) bond motifs is 1. The molecule has 27 heavy (non-hydrogen) atoms. The molecule has 0 radical (unpaired) electrons. The summed E-state index contributed by atoms with van der Waals surface area (Å²) in [6, 6.07) is 11.5. The number of carbonyl (C=O) groups excluding carboxylic acids is 1. The number of hydrogen-bond acceptors (Lipinski definition) is 2. The molecule has 3 nitrogen and oxygen atoms in total. The lowest BCUT2D eigenvalue weighted by molar-refractivity contribution is -0.132. The average Bonchev–Trinajstić information content (AvgIpc) is 2.68. The first-order chi connectivity index (χ1) is 12.9. The van der Waals surface area contributed by atoms with E-state index in [1.54, 1.807) is 0 Å². The van der Waals surface area contributed by atoms with E-state index in [1.807, 2.05) is 30.0 Å². The fourth-order valence-electron chi connectivity index (χ4n) is 3.18. The number of ether oxygens (including phenoxy) is 1. The summed E-state index contributed by atoms with van der Waals surface area (Å²) in [7, 11) is 0.